The van der Waals surface area contributed by atoms with Crippen molar-refractivity contribution in [2.24, 2.45) is 7.05 Å². The Hall–Kier alpha value is -3.49. The standard InChI is InChI=1S/C30H24NS/c1-19-17-25-24-15-13-23(21-9-5-4-6-10-21)18-28(24)32-30(25)29(20(19)2)27-16-14-22-11-7-8-12-26(22)31(27)3/h4-18H,1-3H3/q+1. The molecule has 154 valence electrons. The predicted molar refractivity (Wildman–Crippen MR) is 138 cm³/mol. The van der Waals surface area contributed by atoms with Crippen LogP contribution in [-0.2, 0) is 7.05 Å². The second-order valence-corrected chi connectivity index (χ2v) is 9.64. The molecule has 0 saturated heterocycles. The molecule has 2 aromatic heterocycles. The van der Waals surface area contributed by atoms with Crippen molar-refractivity contribution in [3.8, 4) is 22.4 Å². The molecule has 0 saturated carbocycles. The molecule has 0 atom stereocenters. The van der Waals surface area contributed by atoms with Crippen LogP contribution in [0.3, 0.4) is 0 Å². The van der Waals surface area contributed by atoms with Gasteiger partial charge in [-0.05, 0) is 60.4 Å². The number of pyridine rings is 1. The summed E-state index contributed by atoms with van der Waals surface area (Å²) < 4.78 is 5.06. The van der Waals surface area contributed by atoms with E-state index in [4.69, 9.17) is 0 Å². The number of rotatable bonds is 2. The molecule has 0 aliphatic heterocycles. The number of para-hydroxylation sites is 1. The van der Waals surface area contributed by atoms with Gasteiger partial charge in [0.2, 0.25) is 11.2 Å². The van der Waals surface area contributed by atoms with E-state index >= 15 is 0 Å². The third-order valence-corrected chi connectivity index (χ3v) is 7.91. The average Bonchev–Trinajstić information content (AvgIpc) is 3.18. The normalized spacial score (nSPS) is 11.6. The second-order valence-electron chi connectivity index (χ2n) is 8.59. The molecule has 0 fully saturated rings. The van der Waals surface area contributed by atoms with Gasteiger partial charge in [-0.15, -0.1) is 11.3 Å². The summed E-state index contributed by atoms with van der Waals surface area (Å²) in [6.07, 6.45) is 0. The van der Waals surface area contributed by atoms with Crippen LogP contribution in [0.25, 0.3) is 53.5 Å². The van der Waals surface area contributed by atoms with Crippen LogP contribution < -0.4 is 4.57 Å². The zero-order chi connectivity index (χ0) is 21.8. The number of nitrogens with zero attached hydrogens (tertiary/aromatic N) is 1. The molecular formula is C30H24NS+. The fourth-order valence-electron chi connectivity index (χ4n) is 4.85. The van der Waals surface area contributed by atoms with E-state index < -0.39 is 0 Å². The van der Waals surface area contributed by atoms with E-state index in [9.17, 15) is 0 Å². The summed E-state index contributed by atoms with van der Waals surface area (Å²) in [7, 11) is 2.19. The van der Waals surface area contributed by atoms with E-state index in [0.717, 1.165) is 0 Å². The predicted octanol–water partition coefficient (Wildman–Crippen LogP) is 7.98. The Bertz CT molecular complexity index is 1640. The van der Waals surface area contributed by atoms with Gasteiger partial charge in [-0.3, -0.25) is 0 Å². The largest absolute Gasteiger partial charge is 0.214 e. The van der Waals surface area contributed by atoms with Gasteiger partial charge in [0.25, 0.3) is 0 Å². The minimum atomic E-state index is 1.26. The molecule has 0 N–H and O–H groups in total. The Morgan fingerprint density at radius 3 is 2.31 bits per heavy atom. The summed E-state index contributed by atoms with van der Waals surface area (Å²) in [5.74, 6) is 0. The molecule has 6 aromatic rings. The van der Waals surface area contributed by atoms with Crippen molar-refractivity contribution < 1.29 is 4.57 Å². The Kier molecular flexibility index (Phi) is 4.38. The highest BCUT2D eigenvalue weighted by atomic mass is 32.1. The summed E-state index contributed by atoms with van der Waals surface area (Å²) in [5, 5.41) is 3.97. The quantitative estimate of drug-likeness (QED) is 0.245. The lowest BCUT2D eigenvalue weighted by atomic mass is 9.95. The van der Waals surface area contributed by atoms with Crippen molar-refractivity contribution in [1.82, 2.24) is 0 Å². The van der Waals surface area contributed by atoms with Crippen LogP contribution in [0.1, 0.15) is 11.1 Å². The fourth-order valence-corrected chi connectivity index (χ4v) is 6.18. The molecule has 0 aliphatic rings. The number of fused-ring (bicyclic) bond motifs is 4. The first-order valence-corrected chi connectivity index (χ1v) is 11.8. The highest BCUT2D eigenvalue weighted by Gasteiger charge is 2.22. The molecule has 0 unspecified atom stereocenters. The molecule has 0 radical (unpaired) electrons. The highest BCUT2D eigenvalue weighted by molar-refractivity contribution is 7.26. The molecule has 1 nitrogen and oxygen atoms in total. The van der Waals surface area contributed by atoms with Gasteiger partial charge >= 0.3 is 0 Å². The zero-order valence-corrected chi connectivity index (χ0v) is 19.3. The Morgan fingerprint density at radius 1 is 0.688 bits per heavy atom. The van der Waals surface area contributed by atoms with Crippen molar-refractivity contribution in [1.29, 1.82) is 0 Å². The summed E-state index contributed by atoms with van der Waals surface area (Å²) in [4.78, 5) is 0. The molecule has 0 amide bonds. The molecule has 4 aromatic carbocycles. The van der Waals surface area contributed by atoms with Crippen molar-refractivity contribution >= 4 is 42.4 Å². The second kappa shape index (κ2) is 7.29. The first-order chi connectivity index (χ1) is 15.6. The third-order valence-electron chi connectivity index (χ3n) is 6.73. The van der Waals surface area contributed by atoms with E-state index in [1.54, 1.807) is 0 Å². The molecule has 32 heavy (non-hydrogen) atoms. The van der Waals surface area contributed by atoms with Gasteiger partial charge in [0.15, 0.2) is 0 Å². The summed E-state index contributed by atoms with van der Waals surface area (Å²) in [6, 6.07) is 33.1. The first kappa shape index (κ1) is 19.2. The van der Waals surface area contributed by atoms with Crippen LogP contribution >= 0.6 is 11.3 Å². The number of aromatic nitrogens is 1. The van der Waals surface area contributed by atoms with Gasteiger partial charge in [-0.2, -0.15) is 4.57 Å². The molecule has 2 heteroatoms. The van der Waals surface area contributed by atoms with E-state index in [-0.39, 0.29) is 0 Å². The van der Waals surface area contributed by atoms with Crippen LogP contribution in [0.4, 0.5) is 0 Å². The molecule has 0 spiro atoms. The first-order valence-electron chi connectivity index (χ1n) is 11.0. The maximum atomic E-state index is 2.37. The molecule has 0 bridgehead atoms. The maximum absolute atomic E-state index is 2.37. The van der Waals surface area contributed by atoms with Gasteiger partial charge in [-0.25, -0.2) is 0 Å². The number of hydrogen-bond acceptors (Lipinski definition) is 1. The van der Waals surface area contributed by atoms with Crippen LogP contribution in [0.5, 0.6) is 0 Å². The molecule has 2 heterocycles. The lowest BCUT2D eigenvalue weighted by Gasteiger charge is -2.10. The van der Waals surface area contributed by atoms with Gasteiger partial charge in [0.1, 0.15) is 7.05 Å². The SMILES string of the molecule is Cc1cc2c(sc3cc(-c4ccccc4)ccc32)c(-c2ccc3ccccc3[n+]2C)c1C. The van der Waals surface area contributed by atoms with Crippen LogP contribution in [0.2, 0.25) is 0 Å². The van der Waals surface area contributed by atoms with Gasteiger partial charge < -0.3 is 0 Å². The molecule has 6 rings (SSSR count). The lowest BCUT2D eigenvalue weighted by molar-refractivity contribution is -0.633. The molecular weight excluding hydrogens is 406 g/mol. The summed E-state index contributed by atoms with van der Waals surface area (Å²) in [6.45, 7) is 4.50. The summed E-state index contributed by atoms with van der Waals surface area (Å²) in [5.41, 5.74) is 9.12. The number of benzene rings is 4. The highest BCUT2D eigenvalue weighted by Crippen LogP contribution is 2.43. The Labute approximate surface area is 192 Å². The van der Waals surface area contributed by atoms with E-state index in [2.05, 4.69) is 116 Å². The Balaban J connectivity index is 1.66. The van der Waals surface area contributed by atoms with Crippen molar-refractivity contribution in [3.05, 3.63) is 102 Å². The fraction of sp³-hybridized carbons (Fsp3) is 0.100. The van der Waals surface area contributed by atoms with Crippen molar-refractivity contribution in [2.75, 3.05) is 0 Å². The average molecular weight is 431 g/mol. The molecule has 0 aliphatic carbocycles. The monoisotopic (exact) mass is 430 g/mol. The van der Waals surface area contributed by atoms with Crippen LogP contribution in [0, 0.1) is 13.8 Å². The van der Waals surface area contributed by atoms with Crippen LogP contribution in [0.15, 0.2) is 91.0 Å². The van der Waals surface area contributed by atoms with E-state index in [0.29, 0.717) is 0 Å². The number of aryl methyl sites for hydroxylation is 2. The minimum Gasteiger partial charge on any atom is -0.194 e. The van der Waals surface area contributed by atoms with Crippen LogP contribution in [-0.4, -0.2) is 0 Å². The number of thiophene rings is 1. The van der Waals surface area contributed by atoms with E-state index in [1.807, 2.05) is 11.3 Å². The number of hydrogen-bond donors (Lipinski definition) is 0. The van der Waals surface area contributed by atoms with Gasteiger partial charge in [0.05, 0.1) is 5.56 Å². The van der Waals surface area contributed by atoms with E-state index in [1.165, 1.54) is 64.6 Å². The van der Waals surface area contributed by atoms with Gasteiger partial charge in [-0.1, -0.05) is 54.6 Å². The Morgan fingerprint density at radius 2 is 1.47 bits per heavy atom. The summed E-state index contributed by atoms with van der Waals surface area (Å²) >= 11 is 1.92. The topological polar surface area (TPSA) is 3.88 Å². The lowest BCUT2D eigenvalue weighted by Crippen LogP contribution is -2.32. The third kappa shape index (κ3) is 2.87. The minimum absolute atomic E-state index is 1.26. The smallest absolute Gasteiger partial charge is 0.194 e. The van der Waals surface area contributed by atoms with Gasteiger partial charge in [0, 0.05) is 37.7 Å². The van der Waals surface area contributed by atoms with Crippen molar-refractivity contribution in [3.63, 3.8) is 0 Å². The maximum Gasteiger partial charge on any atom is 0.214 e. The zero-order valence-electron chi connectivity index (χ0n) is 18.5. The van der Waals surface area contributed by atoms with Crippen molar-refractivity contribution in [2.45, 2.75) is 13.8 Å².